The number of unbranched alkanes of at least 4 members (excludes halogenated alkanes) is 3. The Bertz CT molecular complexity index is 857. The Morgan fingerprint density at radius 3 is 2.23 bits per heavy atom. The molecule has 39 heavy (non-hydrogen) atoms. The number of amides is 1. The highest BCUT2D eigenvalue weighted by molar-refractivity contribution is 8.00. The molecule has 10 nitrogen and oxygen atoms in total. The van der Waals surface area contributed by atoms with Crippen LogP contribution < -0.4 is 11.1 Å². The van der Waals surface area contributed by atoms with E-state index in [2.05, 4.69) is 24.4 Å². The Morgan fingerprint density at radius 1 is 0.872 bits per heavy atom. The van der Waals surface area contributed by atoms with Crippen molar-refractivity contribution in [1.29, 1.82) is 0 Å². The molecule has 0 unspecified atom stereocenters. The summed E-state index contributed by atoms with van der Waals surface area (Å²) >= 11 is 1.12. The van der Waals surface area contributed by atoms with Crippen molar-refractivity contribution in [3.8, 4) is 0 Å². The van der Waals surface area contributed by atoms with E-state index in [1.807, 2.05) is 18.2 Å². The van der Waals surface area contributed by atoms with Crippen molar-refractivity contribution in [2.45, 2.75) is 94.6 Å². The van der Waals surface area contributed by atoms with Crippen LogP contribution in [0.5, 0.6) is 0 Å². The van der Waals surface area contributed by atoms with Crippen molar-refractivity contribution in [3.63, 3.8) is 0 Å². The molecule has 0 aromatic rings. The second kappa shape index (κ2) is 23.0. The monoisotopic (exact) mass is 568 g/mol. The standard InChI is InChI=1S/C28H44N2O8S/c1-2-3-4-5-6-7-8-9-10-11-12-13-16-24(23(31)15-14-17-26(33)34)39-20-22(28(37)38)30-25(32)19-18-21(29)27(35)36/h6-7,9-13,16,21-24,31H,2-5,8,14-15,17-20,29H2,1H3,(H,30,32)(H,33,34)(H,35,36)(H,37,38)/b7-6-,10-9-,12-11+,16-13+/t21-,22+,23+,24-/m1/s1. The quantitative estimate of drug-likeness (QED) is 0.0603. The van der Waals surface area contributed by atoms with Crippen LogP contribution in [0.4, 0.5) is 0 Å². The molecule has 0 saturated heterocycles. The van der Waals surface area contributed by atoms with Gasteiger partial charge in [-0.2, -0.15) is 0 Å². The van der Waals surface area contributed by atoms with Gasteiger partial charge in [-0.05, 0) is 38.5 Å². The first-order valence-electron chi connectivity index (χ1n) is 13.2. The SMILES string of the molecule is CCCCC/C=C\C\C=C/C=C/C=C/[C@@H](SC[C@H](NC(=O)CC[C@@H](N)C(=O)O)C(=O)O)[C@@H](O)CCCC(=O)O. The van der Waals surface area contributed by atoms with E-state index in [4.69, 9.17) is 15.9 Å². The van der Waals surface area contributed by atoms with Gasteiger partial charge < -0.3 is 31.5 Å². The van der Waals surface area contributed by atoms with Gasteiger partial charge in [-0.3, -0.25) is 14.4 Å². The number of rotatable bonds is 23. The number of hydrogen-bond acceptors (Lipinski definition) is 7. The number of nitrogens with two attached hydrogens (primary N) is 1. The highest BCUT2D eigenvalue weighted by Gasteiger charge is 2.25. The molecule has 0 aliphatic rings. The maximum absolute atomic E-state index is 12.1. The maximum Gasteiger partial charge on any atom is 0.327 e. The van der Waals surface area contributed by atoms with E-state index < -0.39 is 47.3 Å². The smallest absolute Gasteiger partial charge is 0.327 e. The fourth-order valence-electron chi connectivity index (χ4n) is 3.24. The summed E-state index contributed by atoms with van der Waals surface area (Å²) in [5.74, 6) is -4.20. The fourth-order valence-corrected chi connectivity index (χ4v) is 4.44. The van der Waals surface area contributed by atoms with Gasteiger partial charge in [0, 0.05) is 23.8 Å². The van der Waals surface area contributed by atoms with Crippen molar-refractivity contribution >= 4 is 35.6 Å². The van der Waals surface area contributed by atoms with Crippen molar-refractivity contribution in [3.05, 3.63) is 48.6 Å². The number of aliphatic hydroxyl groups excluding tert-OH is 1. The van der Waals surface area contributed by atoms with Gasteiger partial charge in [-0.15, -0.1) is 11.8 Å². The molecule has 0 spiro atoms. The van der Waals surface area contributed by atoms with Gasteiger partial charge in [0.2, 0.25) is 5.91 Å². The number of thioether (sulfide) groups is 1. The third kappa shape index (κ3) is 20.7. The molecule has 1 amide bonds. The molecule has 7 N–H and O–H groups in total. The average molecular weight is 569 g/mol. The summed E-state index contributed by atoms with van der Waals surface area (Å²) in [5.41, 5.74) is 5.38. The molecule has 0 fully saturated rings. The van der Waals surface area contributed by atoms with Crippen LogP contribution in [-0.2, 0) is 19.2 Å². The van der Waals surface area contributed by atoms with E-state index in [0.29, 0.717) is 0 Å². The van der Waals surface area contributed by atoms with E-state index >= 15 is 0 Å². The molecule has 0 rings (SSSR count). The summed E-state index contributed by atoms with van der Waals surface area (Å²) < 4.78 is 0. The van der Waals surface area contributed by atoms with E-state index in [9.17, 15) is 29.4 Å². The zero-order chi connectivity index (χ0) is 29.5. The van der Waals surface area contributed by atoms with Crippen LogP contribution in [0.2, 0.25) is 0 Å². The molecule has 0 aliphatic heterocycles. The van der Waals surface area contributed by atoms with Gasteiger partial charge >= 0.3 is 17.9 Å². The predicted octanol–water partition coefficient (Wildman–Crippen LogP) is 3.66. The van der Waals surface area contributed by atoms with Gasteiger partial charge in [0.1, 0.15) is 12.1 Å². The van der Waals surface area contributed by atoms with Gasteiger partial charge in [0.05, 0.1) is 6.10 Å². The number of carbonyl (C=O) groups excluding carboxylic acids is 1. The highest BCUT2D eigenvalue weighted by Crippen LogP contribution is 2.21. The molecule has 11 heteroatoms. The number of allylic oxidation sites excluding steroid dienone is 7. The molecule has 0 aliphatic carbocycles. The number of aliphatic carboxylic acids is 3. The number of aliphatic hydroxyl groups is 1. The van der Waals surface area contributed by atoms with E-state index in [-0.39, 0.29) is 37.9 Å². The van der Waals surface area contributed by atoms with Crippen LogP contribution in [0, 0.1) is 0 Å². The summed E-state index contributed by atoms with van der Waals surface area (Å²) in [4.78, 5) is 45.4. The minimum absolute atomic E-state index is 0.0642. The minimum Gasteiger partial charge on any atom is -0.481 e. The zero-order valence-electron chi connectivity index (χ0n) is 22.6. The summed E-state index contributed by atoms with van der Waals surface area (Å²) in [6, 6.07) is -2.49. The van der Waals surface area contributed by atoms with Crippen molar-refractivity contribution in [2.24, 2.45) is 5.73 Å². The number of carbonyl (C=O) groups is 4. The lowest BCUT2D eigenvalue weighted by Crippen LogP contribution is -2.44. The number of carboxylic acids is 3. The van der Waals surface area contributed by atoms with Gasteiger partial charge in [0.15, 0.2) is 0 Å². The Hall–Kier alpha value is -2.89. The number of carboxylic acid groups (broad SMARTS) is 3. The van der Waals surface area contributed by atoms with Crippen LogP contribution >= 0.6 is 11.8 Å². The maximum atomic E-state index is 12.1. The third-order valence-corrected chi connectivity index (χ3v) is 6.92. The molecular weight excluding hydrogens is 524 g/mol. The molecule has 4 atom stereocenters. The lowest BCUT2D eigenvalue weighted by molar-refractivity contribution is -0.141. The Kier molecular flexibility index (Phi) is 21.3. The molecule has 220 valence electrons. The van der Waals surface area contributed by atoms with Crippen LogP contribution in [0.15, 0.2) is 48.6 Å². The van der Waals surface area contributed by atoms with Crippen LogP contribution in [0.1, 0.15) is 71.1 Å². The lowest BCUT2D eigenvalue weighted by Gasteiger charge is -2.22. The Labute approximate surface area is 235 Å². The third-order valence-electron chi connectivity index (χ3n) is 5.54. The molecule has 0 radical (unpaired) electrons. The van der Waals surface area contributed by atoms with Crippen LogP contribution in [0.3, 0.4) is 0 Å². The zero-order valence-corrected chi connectivity index (χ0v) is 23.4. The summed E-state index contributed by atoms with van der Waals surface area (Å²) in [5, 5.41) is 39.6. The highest BCUT2D eigenvalue weighted by atomic mass is 32.2. The largest absolute Gasteiger partial charge is 0.481 e. The van der Waals surface area contributed by atoms with Crippen LogP contribution in [0.25, 0.3) is 0 Å². The summed E-state index contributed by atoms with van der Waals surface area (Å²) in [7, 11) is 0. The van der Waals surface area contributed by atoms with Gasteiger partial charge in [-0.1, -0.05) is 68.4 Å². The fraction of sp³-hybridized carbons (Fsp3) is 0.571. The predicted molar refractivity (Wildman–Crippen MR) is 153 cm³/mol. The van der Waals surface area contributed by atoms with E-state index in [1.54, 1.807) is 18.2 Å². The Balaban J connectivity index is 5.01. The number of hydrogen-bond donors (Lipinski definition) is 6. The first kappa shape index (κ1) is 36.1. The summed E-state index contributed by atoms with van der Waals surface area (Å²) in [6.45, 7) is 2.17. The molecule has 0 bridgehead atoms. The molecule has 0 aromatic carbocycles. The molecule has 0 saturated carbocycles. The number of nitrogens with one attached hydrogen (secondary N) is 1. The van der Waals surface area contributed by atoms with E-state index in [0.717, 1.165) is 24.6 Å². The van der Waals surface area contributed by atoms with Crippen molar-refractivity contribution < 1.29 is 39.6 Å². The average Bonchev–Trinajstić information content (AvgIpc) is 2.88. The molecular formula is C28H44N2O8S. The van der Waals surface area contributed by atoms with Crippen molar-refractivity contribution in [2.75, 3.05) is 5.75 Å². The second-order valence-electron chi connectivity index (χ2n) is 8.99. The normalized spacial score (nSPS) is 15.2. The van der Waals surface area contributed by atoms with E-state index in [1.165, 1.54) is 19.3 Å². The Morgan fingerprint density at radius 2 is 1.59 bits per heavy atom. The topological polar surface area (TPSA) is 187 Å². The first-order chi connectivity index (χ1) is 18.6. The van der Waals surface area contributed by atoms with Crippen molar-refractivity contribution in [1.82, 2.24) is 5.32 Å². The van der Waals surface area contributed by atoms with Crippen LogP contribution in [-0.4, -0.2) is 73.4 Å². The second-order valence-corrected chi connectivity index (χ2v) is 10.2. The first-order valence-corrected chi connectivity index (χ1v) is 14.3. The lowest BCUT2D eigenvalue weighted by atomic mass is 10.1. The molecule has 0 aromatic heterocycles. The summed E-state index contributed by atoms with van der Waals surface area (Å²) in [6.07, 6.45) is 19.9. The molecule has 0 heterocycles. The van der Waals surface area contributed by atoms with Gasteiger partial charge in [0.25, 0.3) is 0 Å². The van der Waals surface area contributed by atoms with Gasteiger partial charge in [-0.25, -0.2) is 4.79 Å². The minimum atomic E-state index is -1.27.